The van der Waals surface area contributed by atoms with Gasteiger partial charge < -0.3 is 14.2 Å². The number of thiazole rings is 1. The second-order valence-electron chi connectivity index (χ2n) is 6.39. The summed E-state index contributed by atoms with van der Waals surface area (Å²) in [6.07, 6.45) is 3.09. The molecule has 0 radical (unpaired) electrons. The Morgan fingerprint density at radius 2 is 1.81 bits per heavy atom. The minimum Gasteiger partial charge on any atom is -0.496 e. The van der Waals surface area contributed by atoms with Gasteiger partial charge in [0.1, 0.15) is 5.75 Å². The van der Waals surface area contributed by atoms with Crippen LogP contribution in [0.25, 0.3) is 22.3 Å². The Morgan fingerprint density at radius 1 is 1.03 bits per heavy atom. The molecule has 0 aliphatic carbocycles. The van der Waals surface area contributed by atoms with Crippen molar-refractivity contribution in [3.05, 3.63) is 59.5 Å². The normalized spacial score (nSPS) is 11.1. The molecule has 2 heterocycles. The smallest absolute Gasteiger partial charge is 0.250 e. The molecule has 0 fully saturated rings. The number of fused-ring (bicyclic) bond motifs is 1. The largest absolute Gasteiger partial charge is 0.496 e. The zero-order chi connectivity index (χ0) is 21.8. The number of rotatable bonds is 7. The fourth-order valence-electron chi connectivity index (χ4n) is 3.06. The quantitative estimate of drug-likeness (QED) is 0.438. The summed E-state index contributed by atoms with van der Waals surface area (Å²) in [7, 11) is 4.76. The number of hydrogen-bond donors (Lipinski definition) is 1. The number of ether oxygens (including phenoxy) is 3. The Balaban J connectivity index is 1.52. The van der Waals surface area contributed by atoms with Gasteiger partial charge in [-0.2, -0.15) is 4.98 Å². The van der Waals surface area contributed by atoms with Gasteiger partial charge >= 0.3 is 0 Å². The summed E-state index contributed by atoms with van der Waals surface area (Å²) < 4.78 is 17.6. The maximum atomic E-state index is 12.4. The van der Waals surface area contributed by atoms with Gasteiger partial charge in [0.15, 0.2) is 11.5 Å². The molecule has 2 aromatic heterocycles. The molecule has 0 bridgehead atoms. The molecule has 0 aliphatic heterocycles. The van der Waals surface area contributed by atoms with E-state index in [4.69, 9.17) is 14.2 Å². The van der Waals surface area contributed by atoms with Gasteiger partial charge in [0.25, 0.3) is 11.9 Å². The summed E-state index contributed by atoms with van der Waals surface area (Å²) in [4.78, 5) is 17.4. The predicted octanol–water partition coefficient (Wildman–Crippen LogP) is 4.14. The minimum absolute atomic E-state index is 0.227. The predicted molar refractivity (Wildman–Crippen MR) is 120 cm³/mol. The summed E-state index contributed by atoms with van der Waals surface area (Å²) >= 11 is 1.43. The number of aromatic nitrogens is 3. The van der Waals surface area contributed by atoms with Gasteiger partial charge in [-0.1, -0.05) is 18.2 Å². The van der Waals surface area contributed by atoms with Gasteiger partial charge in [-0.3, -0.25) is 10.1 Å². The third-order valence-corrected chi connectivity index (χ3v) is 5.35. The average Bonchev–Trinajstić information content (AvgIpc) is 3.37. The summed E-state index contributed by atoms with van der Waals surface area (Å²) in [5, 5.41) is 9.08. The summed E-state index contributed by atoms with van der Waals surface area (Å²) in [5.74, 6) is 1.83. The Morgan fingerprint density at radius 3 is 2.58 bits per heavy atom. The summed E-state index contributed by atoms with van der Waals surface area (Å²) in [5.41, 5.74) is 2.53. The van der Waals surface area contributed by atoms with Gasteiger partial charge in [-0.25, -0.2) is 4.52 Å². The van der Waals surface area contributed by atoms with E-state index in [1.165, 1.54) is 17.4 Å². The molecule has 0 saturated carbocycles. The van der Waals surface area contributed by atoms with Crippen molar-refractivity contribution < 1.29 is 19.0 Å². The van der Waals surface area contributed by atoms with Crippen LogP contribution >= 0.6 is 11.3 Å². The van der Waals surface area contributed by atoms with E-state index < -0.39 is 0 Å². The van der Waals surface area contributed by atoms with Crippen LogP contribution < -0.4 is 19.5 Å². The lowest BCUT2D eigenvalue weighted by Gasteiger charge is -2.07. The fraction of sp³-hybridized carbons (Fsp3) is 0.136. The van der Waals surface area contributed by atoms with E-state index in [1.54, 1.807) is 44.1 Å². The molecule has 0 saturated heterocycles. The van der Waals surface area contributed by atoms with Crippen LogP contribution in [0.4, 0.5) is 5.95 Å². The standard InChI is InChI=1S/C22H20N4O4S/c1-28-17-7-5-4-6-15(17)16-13-31-22-24-21(25-26(16)22)23-20(27)11-9-14-8-10-18(29-2)19(12-14)30-3/h4-13H,1-3H3,(H,23,25,27)/b11-9+. The first-order valence-corrected chi connectivity index (χ1v) is 10.2. The van der Waals surface area contributed by atoms with Crippen molar-refractivity contribution in [2.45, 2.75) is 0 Å². The average molecular weight is 436 g/mol. The van der Waals surface area contributed by atoms with Crippen LogP contribution in [0, 0.1) is 0 Å². The number of anilines is 1. The van der Waals surface area contributed by atoms with Crippen molar-refractivity contribution in [2.75, 3.05) is 26.6 Å². The number of carbonyl (C=O) groups is 1. The molecule has 1 N–H and O–H groups in total. The molecule has 4 aromatic rings. The number of amides is 1. The van der Waals surface area contributed by atoms with Gasteiger partial charge in [-0.15, -0.1) is 16.4 Å². The number of nitrogens with zero attached hydrogens (tertiary/aromatic N) is 3. The third kappa shape index (κ3) is 4.22. The highest BCUT2D eigenvalue weighted by atomic mass is 32.1. The molecule has 0 aliphatic rings. The van der Waals surface area contributed by atoms with Crippen molar-refractivity contribution in [3.63, 3.8) is 0 Å². The van der Waals surface area contributed by atoms with Crippen molar-refractivity contribution in [1.29, 1.82) is 0 Å². The van der Waals surface area contributed by atoms with Gasteiger partial charge in [0, 0.05) is 17.0 Å². The second-order valence-corrected chi connectivity index (χ2v) is 7.22. The molecular weight excluding hydrogens is 416 g/mol. The van der Waals surface area contributed by atoms with E-state index in [-0.39, 0.29) is 11.9 Å². The Kier molecular flexibility index (Phi) is 5.85. The first-order chi connectivity index (χ1) is 15.1. The lowest BCUT2D eigenvalue weighted by atomic mass is 10.1. The van der Waals surface area contributed by atoms with Crippen molar-refractivity contribution in [2.24, 2.45) is 0 Å². The van der Waals surface area contributed by atoms with E-state index in [2.05, 4.69) is 15.4 Å². The van der Waals surface area contributed by atoms with E-state index in [1.807, 2.05) is 35.7 Å². The van der Waals surface area contributed by atoms with Crippen LogP contribution in [0.15, 0.2) is 53.9 Å². The highest BCUT2D eigenvalue weighted by molar-refractivity contribution is 7.15. The summed E-state index contributed by atoms with van der Waals surface area (Å²) in [6.45, 7) is 0. The van der Waals surface area contributed by atoms with E-state index >= 15 is 0 Å². The SMILES string of the molecule is COc1ccc(/C=C/C(=O)Nc2nc3scc(-c4ccccc4OC)n3n2)cc1OC. The molecule has 9 heteroatoms. The Hall–Kier alpha value is -3.85. The third-order valence-electron chi connectivity index (χ3n) is 4.53. The monoisotopic (exact) mass is 436 g/mol. The zero-order valence-electron chi connectivity index (χ0n) is 17.2. The topological polar surface area (TPSA) is 87.0 Å². The van der Waals surface area contributed by atoms with E-state index in [0.717, 1.165) is 22.6 Å². The molecule has 0 spiro atoms. The van der Waals surface area contributed by atoms with Crippen molar-refractivity contribution in [3.8, 4) is 28.5 Å². The van der Waals surface area contributed by atoms with Crippen LogP contribution in [-0.4, -0.2) is 41.8 Å². The highest BCUT2D eigenvalue weighted by Gasteiger charge is 2.15. The Bertz CT molecular complexity index is 1260. The number of nitrogens with one attached hydrogen (secondary N) is 1. The maximum Gasteiger partial charge on any atom is 0.250 e. The molecule has 1 amide bonds. The fourth-order valence-corrected chi connectivity index (χ4v) is 3.88. The molecule has 0 atom stereocenters. The number of para-hydroxylation sites is 1. The first-order valence-electron chi connectivity index (χ1n) is 9.31. The Labute approximate surface area is 182 Å². The van der Waals surface area contributed by atoms with Crippen molar-refractivity contribution in [1.82, 2.24) is 14.6 Å². The minimum atomic E-state index is -0.341. The lowest BCUT2D eigenvalue weighted by Crippen LogP contribution is -2.09. The highest BCUT2D eigenvalue weighted by Crippen LogP contribution is 2.32. The molecule has 8 nitrogen and oxygen atoms in total. The van der Waals surface area contributed by atoms with Crippen LogP contribution in [0.2, 0.25) is 0 Å². The lowest BCUT2D eigenvalue weighted by molar-refractivity contribution is -0.111. The number of carbonyl (C=O) groups excluding carboxylic acids is 1. The number of methoxy groups -OCH3 is 3. The molecule has 31 heavy (non-hydrogen) atoms. The number of benzene rings is 2. The molecule has 2 aromatic carbocycles. The maximum absolute atomic E-state index is 12.4. The molecule has 0 unspecified atom stereocenters. The van der Waals surface area contributed by atoms with E-state index in [0.29, 0.717) is 16.5 Å². The van der Waals surface area contributed by atoms with Gasteiger partial charge in [-0.05, 0) is 35.9 Å². The number of hydrogen-bond acceptors (Lipinski definition) is 7. The molecular formula is C22H20N4O4S. The molecule has 4 rings (SSSR count). The zero-order valence-corrected chi connectivity index (χ0v) is 18.0. The van der Waals surface area contributed by atoms with Gasteiger partial charge in [0.2, 0.25) is 4.96 Å². The van der Waals surface area contributed by atoms with Crippen LogP contribution in [-0.2, 0) is 4.79 Å². The van der Waals surface area contributed by atoms with E-state index in [9.17, 15) is 4.79 Å². The van der Waals surface area contributed by atoms with Crippen molar-refractivity contribution >= 4 is 34.2 Å². The molecule has 158 valence electrons. The van der Waals surface area contributed by atoms with Crippen LogP contribution in [0.3, 0.4) is 0 Å². The summed E-state index contributed by atoms with van der Waals surface area (Å²) in [6, 6.07) is 13.1. The second kappa shape index (κ2) is 8.88. The van der Waals surface area contributed by atoms with Crippen LogP contribution in [0.5, 0.6) is 17.2 Å². The first kappa shape index (κ1) is 20.4. The van der Waals surface area contributed by atoms with Gasteiger partial charge in [0.05, 0.1) is 27.0 Å². The van der Waals surface area contributed by atoms with Crippen LogP contribution in [0.1, 0.15) is 5.56 Å².